The summed E-state index contributed by atoms with van der Waals surface area (Å²) < 4.78 is 0. The van der Waals surface area contributed by atoms with Crippen molar-refractivity contribution in [2.45, 2.75) is 85.5 Å². The maximum Gasteiger partial charge on any atom is 0.0974 e. The van der Waals surface area contributed by atoms with E-state index in [1.807, 2.05) is 20.8 Å². The highest BCUT2D eigenvalue weighted by Crippen LogP contribution is 2.63. The average molecular weight is 1700 g/mol. The third kappa shape index (κ3) is 12.3. The van der Waals surface area contributed by atoms with E-state index < -0.39 is 5.41 Å². The Hall–Kier alpha value is -16.0. The molecule has 0 aliphatic heterocycles. The molecule has 6 heterocycles. The van der Waals surface area contributed by atoms with Crippen LogP contribution in [0.2, 0.25) is 0 Å². The quantitative estimate of drug-likeness (QED) is 0.122. The summed E-state index contributed by atoms with van der Waals surface area (Å²) in [5.74, 6) is 0. The Morgan fingerprint density at radius 3 is 1.03 bits per heavy atom. The van der Waals surface area contributed by atoms with E-state index in [0.717, 1.165) is 99.6 Å². The highest BCUT2D eigenvalue weighted by Gasteiger charge is 2.53. The van der Waals surface area contributed by atoms with E-state index in [0.29, 0.717) is 0 Å². The van der Waals surface area contributed by atoms with E-state index in [2.05, 4.69) is 425 Å². The van der Waals surface area contributed by atoms with Gasteiger partial charge in [-0.2, -0.15) is 0 Å². The van der Waals surface area contributed by atoms with Crippen molar-refractivity contribution in [3.8, 4) is 89.0 Å². The van der Waals surface area contributed by atoms with Crippen LogP contribution in [0.15, 0.2) is 376 Å². The molecule has 630 valence electrons. The molecule has 24 aromatic rings. The van der Waals surface area contributed by atoms with E-state index in [1.165, 1.54) is 187 Å². The standard InChI is InChI=1S/C48H36N2.C40H26N2.C39H30N2/c1-29-20-21-31-22-25-37-38(26-30(2)50-46(37)45(31)49-29)34-13-11-12-32(27-34)33-23-24-36-35-14-5-6-15-39(35)48(44(36)28-33)42-18-9-7-16-40(42)47(3,4)41-17-8-10-19-43(41)48;1-23-15-16-26-17-18-35-36(21-24(2)42-40(35)39(26)41-23)28-10-3-9-27(22-28)29-19-20-34-32-12-5-8-25-7-4-11-31(37(25)32)33-14-6-13-30(29)38(33)34;1-23-12-13-26-14-17-31-33(20-24(2)41-38(31)37(26)40-23)29-10-7-9-27(21-29)28-15-18-32-35(22-28)39(3,4)34-19-16-25-8-5-6-11-30(25)36(32)34/h5-28H,1-4H3;3-22H,1-2H3;5-22H,1-4H3. The monoisotopic (exact) mass is 1700 g/mol. The molecule has 18 aromatic carbocycles. The Kier molecular flexibility index (Phi) is 17.9. The fourth-order valence-electron chi connectivity index (χ4n) is 23.2. The minimum absolute atomic E-state index is 0.0626. The zero-order valence-corrected chi connectivity index (χ0v) is 76.0. The molecular weight excluding hydrogens is 1610 g/mol. The molecular formula is C127H92N6. The number of aryl methyl sites for hydroxylation is 6. The molecule has 0 bridgehead atoms. The molecule has 3 aliphatic rings. The lowest BCUT2D eigenvalue weighted by molar-refractivity contribution is 0.563. The first kappa shape index (κ1) is 79.2. The van der Waals surface area contributed by atoms with E-state index >= 15 is 0 Å². The van der Waals surface area contributed by atoms with Gasteiger partial charge in [-0.15, -0.1) is 0 Å². The van der Waals surface area contributed by atoms with Crippen LogP contribution in [0.1, 0.15) is 106 Å². The van der Waals surface area contributed by atoms with Gasteiger partial charge >= 0.3 is 0 Å². The third-order valence-corrected chi connectivity index (χ3v) is 29.4. The van der Waals surface area contributed by atoms with E-state index in [4.69, 9.17) is 29.9 Å². The largest absolute Gasteiger partial charge is 0.251 e. The second-order valence-corrected chi connectivity index (χ2v) is 38.1. The van der Waals surface area contributed by atoms with Gasteiger partial charge in [0.15, 0.2) is 0 Å². The van der Waals surface area contributed by atoms with Gasteiger partial charge in [-0.1, -0.05) is 337 Å². The average Bonchev–Trinajstić information content (AvgIpc) is 1.55. The van der Waals surface area contributed by atoms with Crippen LogP contribution in [-0.4, -0.2) is 29.9 Å². The van der Waals surface area contributed by atoms with Gasteiger partial charge < -0.3 is 0 Å². The molecule has 6 nitrogen and oxygen atoms in total. The van der Waals surface area contributed by atoms with Crippen molar-refractivity contribution < 1.29 is 0 Å². The van der Waals surface area contributed by atoms with Gasteiger partial charge in [0.2, 0.25) is 0 Å². The van der Waals surface area contributed by atoms with E-state index in [9.17, 15) is 0 Å². The molecule has 0 unspecified atom stereocenters. The highest BCUT2D eigenvalue weighted by atomic mass is 14.8. The molecule has 0 saturated carbocycles. The van der Waals surface area contributed by atoms with Crippen molar-refractivity contribution in [2.24, 2.45) is 0 Å². The number of pyridine rings is 6. The van der Waals surface area contributed by atoms with Gasteiger partial charge in [0.05, 0.1) is 38.5 Å². The van der Waals surface area contributed by atoms with Gasteiger partial charge in [-0.05, 0) is 296 Å². The molecule has 0 atom stereocenters. The summed E-state index contributed by atoms with van der Waals surface area (Å²) in [5.41, 5.74) is 42.1. The number of aromatic nitrogens is 6. The first-order chi connectivity index (χ1) is 64.9. The van der Waals surface area contributed by atoms with Crippen LogP contribution in [-0.2, 0) is 16.2 Å². The normalized spacial score (nSPS) is 13.5. The summed E-state index contributed by atoms with van der Waals surface area (Å²) in [7, 11) is 0. The molecule has 133 heavy (non-hydrogen) atoms. The fraction of sp³-hybridized carbons (Fsp3) is 0.102. The SMILES string of the molecule is Cc1ccc2ccc3c(-c4cccc(-c5ccc6c(c5)C(C)(C)c5ccc7ccccc7c5-6)c4)cc(C)nc3c2n1.Cc1ccc2ccc3c(-c4cccc(-c5ccc6c(c5)C5(c7ccccc7-6)c6ccccc6C(C)(C)c6ccccc65)c4)cc(C)nc3c2n1.Cc1ccc2ccc3c(-c4cccc(-c5ccc6c7cccc8cccc(c9cccc5c96)c87)c4)cc(C)nc3c2n1. The number of nitrogens with zero attached hydrogens (tertiary/aromatic N) is 6. The zero-order chi connectivity index (χ0) is 89.6. The van der Waals surface area contributed by atoms with E-state index in [1.54, 1.807) is 0 Å². The van der Waals surface area contributed by atoms with Crippen molar-refractivity contribution in [3.05, 3.63) is 455 Å². The first-order valence-corrected chi connectivity index (χ1v) is 46.4. The third-order valence-electron chi connectivity index (χ3n) is 29.4. The van der Waals surface area contributed by atoms with Crippen LogP contribution < -0.4 is 0 Å². The second kappa shape index (κ2) is 30.0. The molecule has 3 aliphatic carbocycles. The lowest BCUT2D eigenvalue weighted by atomic mass is 9.55. The Morgan fingerprint density at radius 1 is 0.165 bits per heavy atom. The number of benzene rings is 18. The van der Waals surface area contributed by atoms with Crippen molar-refractivity contribution in [3.63, 3.8) is 0 Å². The lowest BCUT2D eigenvalue weighted by Gasteiger charge is -2.46. The van der Waals surface area contributed by atoms with Gasteiger partial charge in [-0.25, -0.2) is 0 Å². The van der Waals surface area contributed by atoms with Crippen LogP contribution in [0, 0.1) is 41.5 Å². The van der Waals surface area contributed by atoms with Gasteiger partial charge in [-0.3, -0.25) is 29.9 Å². The van der Waals surface area contributed by atoms with Gasteiger partial charge in [0, 0.05) is 77.3 Å². The Bertz CT molecular complexity index is 9020. The summed E-state index contributed by atoms with van der Waals surface area (Å²) in [4.78, 5) is 29.6. The maximum atomic E-state index is 5.00. The predicted molar refractivity (Wildman–Crippen MR) is 558 cm³/mol. The topological polar surface area (TPSA) is 77.3 Å². The summed E-state index contributed by atoms with van der Waals surface area (Å²) in [5, 5.41) is 19.9. The Morgan fingerprint density at radius 2 is 0.504 bits per heavy atom. The number of hydrogen-bond donors (Lipinski definition) is 0. The molecule has 0 saturated heterocycles. The maximum absolute atomic E-state index is 5.00. The first-order valence-electron chi connectivity index (χ1n) is 46.4. The number of rotatable bonds is 6. The molecule has 0 N–H and O–H groups in total. The Labute approximate surface area is 773 Å². The minimum Gasteiger partial charge on any atom is -0.251 e. The van der Waals surface area contributed by atoms with Crippen molar-refractivity contribution >= 4 is 119 Å². The molecule has 0 radical (unpaired) electrons. The van der Waals surface area contributed by atoms with Crippen molar-refractivity contribution in [2.75, 3.05) is 0 Å². The summed E-state index contributed by atoms with van der Waals surface area (Å²) in [6.45, 7) is 21.8. The van der Waals surface area contributed by atoms with Crippen molar-refractivity contribution in [1.82, 2.24) is 29.9 Å². The van der Waals surface area contributed by atoms with Crippen LogP contribution in [0.3, 0.4) is 0 Å². The summed E-state index contributed by atoms with van der Waals surface area (Å²) in [6, 6.07) is 139. The fourth-order valence-corrected chi connectivity index (χ4v) is 23.2. The highest BCUT2D eigenvalue weighted by molar-refractivity contribution is 6.34. The second-order valence-electron chi connectivity index (χ2n) is 38.1. The summed E-state index contributed by atoms with van der Waals surface area (Å²) >= 11 is 0. The minimum atomic E-state index is -0.410. The molecule has 0 amide bonds. The van der Waals surface area contributed by atoms with Crippen LogP contribution in [0.25, 0.3) is 208 Å². The molecule has 6 heteroatoms. The molecule has 27 rings (SSSR count). The van der Waals surface area contributed by atoms with Gasteiger partial charge in [0.1, 0.15) is 0 Å². The molecule has 0 fully saturated rings. The van der Waals surface area contributed by atoms with Crippen LogP contribution in [0.5, 0.6) is 0 Å². The number of hydrogen-bond acceptors (Lipinski definition) is 6. The van der Waals surface area contributed by atoms with Crippen LogP contribution in [0.4, 0.5) is 0 Å². The smallest absolute Gasteiger partial charge is 0.0974 e. The van der Waals surface area contributed by atoms with Gasteiger partial charge in [0.25, 0.3) is 0 Å². The lowest BCUT2D eigenvalue weighted by Crippen LogP contribution is -2.40. The van der Waals surface area contributed by atoms with E-state index in [-0.39, 0.29) is 10.8 Å². The molecule has 1 spiro atoms. The Balaban J connectivity index is 0.000000108. The predicted octanol–water partition coefficient (Wildman–Crippen LogP) is 32.7. The van der Waals surface area contributed by atoms with Crippen LogP contribution >= 0.6 is 0 Å². The summed E-state index contributed by atoms with van der Waals surface area (Å²) in [6.07, 6.45) is 0. The molecule has 6 aromatic heterocycles. The van der Waals surface area contributed by atoms with Crippen molar-refractivity contribution in [1.29, 1.82) is 0 Å². The number of fused-ring (bicyclic) bond motifs is 25. The zero-order valence-electron chi connectivity index (χ0n) is 76.0.